The van der Waals surface area contributed by atoms with E-state index in [-0.39, 0.29) is 31.1 Å². The molecule has 3 saturated carbocycles. The first-order chi connectivity index (χ1) is 13.1. The van der Waals surface area contributed by atoms with E-state index in [1.165, 1.54) is 0 Å². The summed E-state index contributed by atoms with van der Waals surface area (Å²) in [6, 6.07) is 0. The smallest absolute Gasteiger partial charge is 0.317 e. The predicted molar refractivity (Wildman–Crippen MR) is 99.5 cm³/mol. The van der Waals surface area contributed by atoms with E-state index >= 15 is 0 Å². The lowest BCUT2D eigenvalue weighted by Gasteiger charge is -2.43. The molecule has 0 saturated heterocycles. The van der Waals surface area contributed by atoms with E-state index in [0.717, 1.165) is 25.7 Å². The third-order valence-electron chi connectivity index (χ3n) is 7.05. The molecule has 0 aromatic rings. The van der Waals surface area contributed by atoms with Crippen molar-refractivity contribution in [3.8, 4) is 0 Å². The molecule has 164 valence electrons. The van der Waals surface area contributed by atoms with Crippen molar-refractivity contribution in [2.24, 2.45) is 23.7 Å². The second-order valence-corrected chi connectivity index (χ2v) is 10.1. The first-order valence-corrected chi connectivity index (χ1v) is 11.1. The van der Waals surface area contributed by atoms with Gasteiger partial charge in [-0.2, -0.15) is 8.78 Å². The Balaban J connectivity index is 1.61. The largest absolute Gasteiger partial charge is 0.364 e. The van der Waals surface area contributed by atoms with E-state index in [4.69, 9.17) is 4.74 Å². The lowest BCUT2D eigenvalue weighted by atomic mass is 9.68. The van der Waals surface area contributed by atoms with Crippen LogP contribution in [0.4, 0.5) is 26.3 Å². The third kappa shape index (κ3) is 4.99. The number of hydrogen-bond acceptors (Lipinski definition) is 1. The summed E-state index contributed by atoms with van der Waals surface area (Å²) < 4.78 is 90.6. The van der Waals surface area contributed by atoms with E-state index in [1.807, 2.05) is 0 Å². The Morgan fingerprint density at radius 3 is 1.89 bits per heavy atom. The molecule has 0 N–H and O–H groups in total. The average Bonchev–Trinajstić information content (AvgIpc) is 2.59. The van der Waals surface area contributed by atoms with Crippen LogP contribution in [0.3, 0.4) is 0 Å². The molecular weight excluding hydrogens is 401 g/mol. The molecule has 0 spiro atoms. The molecule has 0 amide bonds. The predicted octanol–water partition coefficient (Wildman–Crippen LogP) is 6.21. The number of alkyl halides is 6. The molecule has 0 bridgehead atoms. The van der Waals surface area contributed by atoms with E-state index in [2.05, 4.69) is 16.2 Å². The maximum absolute atomic E-state index is 14.7. The van der Waals surface area contributed by atoms with E-state index in [1.54, 1.807) is 0 Å². The normalized spacial score (nSPS) is 48.4. The van der Waals surface area contributed by atoms with Crippen molar-refractivity contribution in [1.29, 1.82) is 0 Å². The van der Waals surface area contributed by atoms with E-state index < -0.39 is 54.9 Å². The summed E-state index contributed by atoms with van der Waals surface area (Å²) in [5.41, 5.74) is -0.851. The molecule has 3 aliphatic carbocycles. The molecule has 0 aromatic carbocycles. The van der Waals surface area contributed by atoms with Crippen LogP contribution < -0.4 is 0 Å². The van der Waals surface area contributed by atoms with Crippen LogP contribution >= 0.6 is 9.24 Å². The highest BCUT2D eigenvalue weighted by molar-refractivity contribution is 7.17. The molecule has 0 heterocycles. The Hall–Kier alpha value is -0.0300. The number of halogens is 6. The molecule has 0 aromatic heterocycles. The lowest BCUT2D eigenvalue weighted by molar-refractivity contribution is -0.321. The van der Waals surface area contributed by atoms with Gasteiger partial charge in [-0.25, -0.2) is 17.6 Å². The van der Waals surface area contributed by atoms with Crippen LogP contribution in [-0.4, -0.2) is 42.6 Å². The topological polar surface area (TPSA) is 9.23 Å². The Morgan fingerprint density at radius 1 is 0.786 bits per heavy atom. The standard InChI is InChI=1S/C20H31F6OP/c1-10-2-4-11(5-3-10)12-6-14(21)18(15(22)7-12)20(25,26)27-13-8-16(23)19(24)17(28)9-13/h10-19H,2-9,28H2,1H3. The van der Waals surface area contributed by atoms with Gasteiger partial charge in [0.05, 0.1) is 6.10 Å². The van der Waals surface area contributed by atoms with Crippen LogP contribution in [-0.2, 0) is 4.74 Å². The van der Waals surface area contributed by atoms with Crippen LogP contribution in [0, 0.1) is 23.7 Å². The lowest BCUT2D eigenvalue weighted by Crippen LogP contribution is -2.51. The highest BCUT2D eigenvalue weighted by Crippen LogP contribution is 2.48. The molecule has 1 nitrogen and oxygen atoms in total. The summed E-state index contributed by atoms with van der Waals surface area (Å²) in [7, 11) is 2.10. The van der Waals surface area contributed by atoms with Crippen LogP contribution in [0.2, 0.25) is 0 Å². The highest BCUT2D eigenvalue weighted by Gasteiger charge is 2.56. The zero-order valence-electron chi connectivity index (χ0n) is 16.2. The Kier molecular flexibility index (Phi) is 7.28. The summed E-state index contributed by atoms with van der Waals surface area (Å²) in [6.07, 6.45) is -9.98. The molecule has 3 aliphatic rings. The molecule has 3 fully saturated rings. The van der Waals surface area contributed by atoms with Crippen molar-refractivity contribution in [1.82, 2.24) is 0 Å². The van der Waals surface area contributed by atoms with Crippen molar-refractivity contribution in [2.45, 2.75) is 101 Å². The monoisotopic (exact) mass is 432 g/mol. The molecule has 7 atom stereocenters. The zero-order valence-corrected chi connectivity index (χ0v) is 17.3. The van der Waals surface area contributed by atoms with Crippen LogP contribution in [0.15, 0.2) is 0 Å². The quantitative estimate of drug-likeness (QED) is 0.379. The van der Waals surface area contributed by atoms with Crippen molar-refractivity contribution in [3.05, 3.63) is 0 Å². The minimum absolute atomic E-state index is 0.0850. The first-order valence-electron chi connectivity index (χ1n) is 10.5. The summed E-state index contributed by atoms with van der Waals surface area (Å²) in [5, 5.41) is 0. The van der Waals surface area contributed by atoms with Gasteiger partial charge in [0, 0.05) is 12.1 Å². The molecule has 3 rings (SSSR count). The summed E-state index contributed by atoms with van der Waals surface area (Å²) in [5.74, 6) is -1.62. The van der Waals surface area contributed by atoms with E-state index in [9.17, 15) is 26.3 Å². The van der Waals surface area contributed by atoms with Crippen LogP contribution in [0.25, 0.3) is 0 Å². The Labute approximate surface area is 165 Å². The van der Waals surface area contributed by atoms with Crippen molar-refractivity contribution >= 4 is 9.24 Å². The summed E-state index contributed by atoms with van der Waals surface area (Å²) in [6.45, 7) is 2.15. The van der Waals surface area contributed by atoms with Gasteiger partial charge in [0.2, 0.25) is 0 Å². The maximum atomic E-state index is 14.7. The van der Waals surface area contributed by atoms with Gasteiger partial charge in [0.15, 0.2) is 0 Å². The minimum Gasteiger partial charge on any atom is -0.317 e. The first kappa shape index (κ1) is 22.7. The molecule has 0 aliphatic heterocycles. The van der Waals surface area contributed by atoms with Gasteiger partial charge in [-0.3, -0.25) is 0 Å². The minimum atomic E-state index is -4.04. The molecule has 0 radical (unpaired) electrons. The molecule has 28 heavy (non-hydrogen) atoms. The van der Waals surface area contributed by atoms with Crippen LogP contribution in [0.5, 0.6) is 0 Å². The van der Waals surface area contributed by atoms with Crippen molar-refractivity contribution < 1.29 is 31.1 Å². The van der Waals surface area contributed by atoms with Crippen molar-refractivity contribution in [3.63, 3.8) is 0 Å². The molecule has 8 heteroatoms. The molecule has 7 unspecified atom stereocenters. The van der Waals surface area contributed by atoms with Gasteiger partial charge < -0.3 is 4.74 Å². The fraction of sp³-hybridized carbons (Fsp3) is 1.00. The van der Waals surface area contributed by atoms with Crippen molar-refractivity contribution in [2.75, 3.05) is 0 Å². The molecular formula is C20H31F6OP. The van der Waals surface area contributed by atoms with E-state index in [0.29, 0.717) is 5.92 Å². The van der Waals surface area contributed by atoms with Gasteiger partial charge in [-0.15, -0.1) is 9.24 Å². The fourth-order valence-corrected chi connectivity index (χ4v) is 5.88. The Bertz CT molecular complexity index is 491. The fourth-order valence-electron chi connectivity index (χ4n) is 5.33. The summed E-state index contributed by atoms with van der Waals surface area (Å²) in [4.78, 5) is 0. The summed E-state index contributed by atoms with van der Waals surface area (Å²) >= 11 is 0. The third-order valence-corrected chi connectivity index (χ3v) is 7.69. The highest BCUT2D eigenvalue weighted by atomic mass is 31.0. The van der Waals surface area contributed by atoms with Gasteiger partial charge in [0.1, 0.15) is 30.6 Å². The Morgan fingerprint density at radius 2 is 1.36 bits per heavy atom. The zero-order chi connectivity index (χ0) is 20.6. The van der Waals surface area contributed by atoms with Gasteiger partial charge in [0.25, 0.3) is 0 Å². The number of hydrogen-bond donors (Lipinski definition) is 0. The second kappa shape index (κ2) is 8.99. The second-order valence-electron chi connectivity index (χ2n) is 9.21. The number of ether oxygens (including phenoxy) is 1. The SMILES string of the molecule is CC1CCC(C2CC(F)C(C(F)(F)OC3CC(F)C(F)C(P)C3)C(F)C2)CC1. The average molecular weight is 432 g/mol. The maximum Gasteiger partial charge on any atom is 0.364 e. The van der Waals surface area contributed by atoms with Gasteiger partial charge in [-0.1, -0.05) is 19.8 Å². The van der Waals surface area contributed by atoms with Gasteiger partial charge >= 0.3 is 6.11 Å². The van der Waals surface area contributed by atoms with Gasteiger partial charge in [-0.05, 0) is 49.9 Å². The van der Waals surface area contributed by atoms with Crippen LogP contribution in [0.1, 0.15) is 58.3 Å². The number of rotatable bonds is 4.